The smallest absolute Gasteiger partial charge is 0.453 e. The normalized spacial score (nSPS) is 17.0. The summed E-state index contributed by atoms with van der Waals surface area (Å²) < 4.78 is 65.8. The molecule has 0 atom stereocenters. The van der Waals surface area contributed by atoms with E-state index in [9.17, 15) is 22.8 Å². The van der Waals surface area contributed by atoms with Crippen LogP contribution in [0.1, 0.15) is 58.1 Å². The highest BCUT2D eigenvalue weighted by atomic mass is 19.4. The number of rotatable bonds is 7. The molecular formula is C34H35F3NO6+. The Labute approximate surface area is 253 Å². The summed E-state index contributed by atoms with van der Waals surface area (Å²) in [6.45, 7) is 9.21. The number of fused-ring (bicyclic) bond motifs is 1. The van der Waals surface area contributed by atoms with Gasteiger partial charge in [-0.05, 0) is 98.7 Å². The van der Waals surface area contributed by atoms with Crippen LogP contribution >= 0.6 is 0 Å². The van der Waals surface area contributed by atoms with Crippen molar-refractivity contribution in [1.82, 2.24) is 0 Å². The molecule has 1 aliphatic heterocycles. The molecule has 0 amide bonds. The van der Waals surface area contributed by atoms with Gasteiger partial charge in [0.15, 0.2) is 5.58 Å². The van der Waals surface area contributed by atoms with E-state index in [2.05, 4.69) is 6.92 Å². The van der Waals surface area contributed by atoms with Gasteiger partial charge in [-0.1, -0.05) is 13.0 Å². The van der Waals surface area contributed by atoms with E-state index in [1.165, 1.54) is 31.4 Å². The second-order valence-corrected chi connectivity index (χ2v) is 11.5. The molecule has 5 rings (SSSR count). The lowest BCUT2D eigenvalue weighted by molar-refractivity contribution is -0.919. The van der Waals surface area contributed by atoms with Crippen LogP contribution < -0.4 is 24.5 Å². The summed E-state index contributed by atoms with van der Waals surface area (Å²) in [7, 11) is 1.50. The summed E-state index contributed by atoms with van der Waals surface area (Å²) in [5, 5.41) is -0.0981. The first-order chi connectivity index (χ1) is 20.8. The lowest BCUT2D eigenvalue weighted by Crippen LogP contribution is -3.11. The van der Waals surface area contributed by atoms with E-state index in [1.54, 1.807) is 32.0 Å². The number of ether oxygens (including phenoxy) is 3. The maximum atomic E-state index is 14.5. The van der Waals surface area contributed by atoms with Gasteiger partial charge in [0.05, 0.1) is 36.7 Å². The van der Waals surface area contributed by atoms with Crippen LogP contribution in [0.15, 0.2) is 57.7 Å². The molecule has 7 nitrogen and oxygen atoms in total. The van der Waals surface area contributed by atoms with Crippen LogP contribution in [0.5, 0.6) is 23.0 Å². The van der Waals surface area contributed by atoms with Crippen molar-refractivity contribution < 1.29 is 41.5 Å². The number of hydrogen-bond acceptors (Lipinski definition) is 6. The number of likely N-dealkylation sites (tertiary alicyclic amines) is 1. The molecule has 0 aliphatic carbocycles. The minimum Gasteiger partial charge on any atom is -0.497 e. The molecule has 0 bridgehead atoms. The predicted octanol–water partition coefficient (Wildman–Crippen LogP) is 6.57. The van der Waals surface area contributed by atoms with Crippen LogP contribution in [0.3, 0.4) is 0 Å². The van der Waals surface area contributed by atoms with Crippen LogP contribution in [0.25, 0.3) is 11.0 Å². The lowest BCUT2D eigenvalue weighted by Gasteiger charge is -2.28. The maximum absolute atomic E-state index is 14.5. The fourth-order valence-electron chi connectivity index (χ4n) is 5.52. The Kier molecular flexibility index (Phi) is 8.74. The number of piperidine rings is 1. The van der Waals surface area contributed by atoms with Gasteiger partial charge in [-0.15, -0.1) is 0 Å². The van der Waals surface area contributed by atoms with Crippen LogP contribution in [0.2, 0.25) is 0 Å². The number of benzene rings is 3. The van der Waals surface area contributed by atoms with Gasteiger partial charge in [-0.3, -0.25) is 4.79 Å². The molecule has 1 fully saturated rings. The number of aryl methyl sites for hydroxylation is 2. The van der Waals surface area contributed by atoms with E-state index in [0.29, 0.717) is 17.2 Å². The van der Waals surface area contributed by atoms with Gasteiger partial charge >= 0.3 is 12.1 Å². The van der Waals surface area contributed by atoms with Crippen molar-refractivity contribution in [3.63, 3.8) is 0 Å². The zero-order valence-electron chi connectivity index (χ0n) is 25.3. The van der Waals surface area contributed by atoms with Gasteiger partial charge < -0.3 is 23.5 Å². The molecule has 232 valence electrons. The molecule has 0 unspecified atom stereocenters. The Morgan fingerprint density at radius 2 is 1.68 bits per heavy atom. The molecule has 10 heteroatoms. The average Bonchev–Trinajstić information content (AvgIpc) is 2.98. The first-order valence-electron chi connectivity index (χ1n) is 14.5. The first-order valence-corrected chi connectivity index (χ1v) is 14.5. The van der Waals surface area contributed by atoms with E-state index in [1.807, 2.05) is 13.0 Å². The molecule has 44 heavy (non-hydrogen) atoms. The molecule has 1 aliphatic rings. The predicted molar refractivity (Wildman–Crippen MR) is 159 cm³/mol. The SMILES string of the molecule is COc1ccc(C(=O)Oc2ccc3c(=O)c(Oc4cc(C)cc(C)c4C)c(C(F)(F)F)oc3c2C[NH+]2CCC(C)CC2)cc1. The summed E-state index contributed by atoms with van der Waals surface area (Å²) in [4.78, 5) is 28.0. The number of alkyl halides is 3. The standard InChI is InChI=1S/C34H34F3NO6/c1-19-12-14-38(15-13-19)18-26-27(43-33(40)23-6-8-24(41-5)9-7-23)11-10-25-29(39)31(32(34(35,36)37)44-30(25)26)42-28-17-20(2)16-21(3)22(28)4/h6-11,16-17,19H,12-15,18H2,1-5H3/p+1. The summed E-state index contributed by atoms with van der Waals surface area (Å²) in [6.07, 6.45) is -3.17. The third-order valence-electron chi connectivity index (χ3n) is 8.25. The van der Waals surface area contributed by atoms with Crippen LogP contribution in [-0.2, 0) is 12.7 Å². The highest BCUT2D eigenvalue weighted by molar-refractivity contribution is 5.92. The third kappa shape index (κ3) is 6.45. The minimum atomic E-state index is -5.05. The Morgan fingerprint density at radius 1 is 1.00 bits per heavy atom. The third-order valence-corrected chi connectivity index (χ3v) is 8.25. The quantitative estimate of drug-likeness (QED) is 0.188. The Balaban J connectivity index is 1.66. The van der Waals surface area contributed by atoms with Crippen molar-refractivity contribution in [2.24, 2.45) is 5.92 Å². The summed E-state index contributed by atoms with van der Waals surface area (Å²) in [6, 6.07) is 12.5. The minimum absolute atomic E-state index is 0.0273. The van der Waals surface area contributed by atoms with Crippen LogP contribution in [0, 0.1) is 26.7 Å². The Bertz CT molecular complexity index is 1750. The maximum Gasteiger partial charge on any atom is 0.453 e. The van der Waals surface area contributed by atoms with Gasteiger partial charge in [-0.25, -0.2) is 4.79 Å². The van der Waals surface area contributed by atoms with Gasteiger partial charge in [0.25, 0.3) is 5.76 Å². The average molecular weight is 611 g/mol. The Hall–Kier alpha value is -4.31. The zero-order valence-corrected chi connectivity index (χ0v) is 25.3. The molecule has 3 aromatic carbocycles. The number of quaternary nitrogens is 1. The van der Waals surface area contributed by atoms with Crippen molar-refractivity contribution in [2.45, 2.75) is 53.3 Å². The first kappa shape index (κ1) is 31.1. The van der Waals surface area contributed by atoms with E-state index >= 15 is 0 Å². The van der Waals surface area contributed by atoms with Crippen molar-refractivity contribution in [3.8, 4) is 23.0 Å². The van der Waals surface area contributed by atoms with E-state index in [0.717, 1.165) is 42.0 Å². The van der Waals surface area contributed by atoms with E-state index < -0.39 is 29.1 Å². The molecule has 1 aromatic heterocycles. The van der Waals surface area contributed by atoms with Gasteiger partial charge in [0.2, 0.25) is 11.2 Å². The van der Waals surface area contributed by atoms with Crippen molar-refractivity contribution in [3.05, 3.63) is 92.3 Å². The highest BCUT2D eigenvalue weighted by Crippen LogP contribution is 2.41. The lowest BCUT2D eigenvalue weighted by atomic mass is 9.98. The number of hydrogen-bond donors (Lipinski definition) is 1. The second-order valence-electron chi connectivity index (χ2n) is 11.5. The van der Waals surface area contributed by atoms with Crippen molar-refractivity contribution >= 4 is 16.9 Å². The molecule has 0 saturated carbocycles. The number of carbonyl (C=O) groups excluding carboxylic acids is 1. The largest absolute Gasteiger partial charge is 0.497 e. The van der Waals surface area contributed by atoms with Gasteiger partial charge in [0, 0.05) is 0 Å². The second kappa shape index (κ2) is 12.4. The molecule has 1 N–H and O–H groups in total. The van der Waals surface area contributed by atoms with Gasteiger partial charge in [0.1, 0.15) is 23.8 Å². The summed E-state index contributed by atoms with van der Waals surface area (Å²) >= 11 is 0. The highest BCUT2D eigenvalue weighted by Gasteiger charge is 2.41. The molecule has 0 radical (unpaired) electrons. The summed E-state index contributed by atoms with van der Waals surface area (Å²) in [5.41, 5.74) is 1.38. The van der Waals surface area contributed by atoms with Gasteiger partial charge in [-0.2, -0.15) is 13.2 Å². The molecule has 2 heterocycles. The molecule has 1 saturated heterocycles. The van der Waals surface area contributed by atoms with E-state index in [-0.39, 0.29) is 40.1 Å². The molecular weight excluding hydrogens is 575 g/mol. The fraction of sp³-hybridized carbons (Fsp3) is 0.353. The number of esters is 1. The van der Waals surface area contributed by atoms with Crippen molar-refractivity contribution in [2.75, 3.05) is 20.2 Å². The van der Waals surface area contributed by atoms with E-state index in [4.69, 9.17) is 18.6 Å². The number of halogens is 3. The molecule has 0 spiro atoms. The molecule has 4 aromatic rings. The number of methoxy groups -OCH3 is 1. The Morgan fingerprint density at radius 3 is 2.32 bits per heavy atom. The zero-order chi connectivity index (χ0) is 31.8. The van der Waals surface area contributed by atoms with Crippen molar-refractivity contribution in [1.29, 1.82) is 0 Å². The monoisotopic (exact) mass is 610 g/mol. The number of nitrogens with one attached hydrogen (secondary N) is 1. The van der Waals surface area contributed by atoms with Crippen LogP contribution in [0.4, 0.5) is 13.2 Å². The summed E-state index contributed by atoms with van der Waals surface area (Å²) in [5.74, 6) is -1.95. The van der Waals surface area contributed by atoms with Crippen LogP contribution in [-0.4, -0.2) is 26.2 Å². The fourth-order valence-corrected chi connectivity index (χ4v) is 5.52. The topological polar surface area (TPSA) is 79.4 Å². The number of carbonyl (C=O) groups is 1.